The van der Waals surface area contributed by atoms with E-state index in [0.29, 0.717) is 18.8 Å². The van der Waals surface area contributed by atoms with Crippen LogP contribution in [0.25, 0.3) is 0 Å². The van der Waals surface area contributed by atoms with E-state index in [-0.39, 0.29) is 17.2 Å². The molecule has 0 saturated carbocycles. The van der Waals surface area contributed by atoms with Gasteiger partial charge in [0.05, 0.1) is 23.8 Å². The van der Waals surface area contributed by atoms with Crippen LogP contribution in [0.15, 0.2) is 30.5 Å². The second-order valence-electron chi connectivity index (χ2n) is 6.93. The maximum atomic E-state index is 11.4. The molecular weight excluding hydrogens is 352 g/mol. The van der Waals surface area contributed by atoms with Gasteiger partial charge in [0, 0.05) is 13.1 Å². The number of halogens is 1. The number of benzene rings is 1. The van der Waals surface area contributed by atoms with Crippen LogP contribution in [0.5, 0.6) is 0 Å². The third kappa shape index (κ3) is 3.33. The minimum atomic E-state index is -0.746. The lowest BCUT2D eigenvalue weighted by molar-refractivity contribution is -0.141. The SMILES string of the molecule is O=C(O)[C@H]1CCCN(c2cnc(Cl)nc2NC2CCc3ccccc32)C1. The van der Waals surface area contributed by atoms with Crippen molar-refractivity contribution in [1.29, 1.82) is 0 Å². The van der Waals surface area contributed by atoms with Crippen LogP contribution in [0.1, 0.15) is 36.4 Å². The number of fused-ring (bicyclic) bond motifs is 1. The predicted molar refractivity (Wildman–Crippen MR) is 101 cm³/mol. The van der Waals surface area contributed by atoms with E-state index in [1.807, 2.05) is 0 Å². The minimum Gasteiger partial charge on any atom is -0.481 e. The number of aryl methyl sites for hydroxylation is 1. The number of aromatic nitrogens is 2. The summed E-state index contributed by atoms with van der Waals surface area (Å²) in [5.41, 5.74) is 3.47. The highest BCUT2D eigenvalue weighted by Crippen LogP contribution is 2.36. The van der Waals surface area contributed by atoms with Crippen LogP contribution < -0.4 is 10.2 Å². The van der Waals surface area contributed by atoms with Gasteiger partial charge in [-0.05, 0) is 48.4 Å². The Hall–Kier alpha value is -2.34. The third-order valence-corrected chi connectivity index (χ3v) is 5.48. The number of aliphatic carboxylic acids is 1. The molecule has 2 heterocycles. The molecule has 1 aromatic carbocycles. The molecule has 1 aromatic heterocycles. The average molecular weight is 373 g/mol. The van der Waals surface area contributed by atoms with Gasteiger partial charge >= 0.3 is 5.97 Å². The van der Waals surface area contributed by atoms with Crippen molar-refractivity contribution in [3.05, 3.63) is 46.9 Å². The molecule has 2 atom stereocenters. The Balaban J connectivity index is 1.61. The van der Waals surface area contributed by atoms with E-state index in [4.69, 9.17) is 11.6 Å². The van der Waals surface area contributed by atoms with Crippen molar-refractivity contribution in [2.45, 2.75) is 31.7 Å². The van der Waals surface area contributed by atoms with E-state index < -0.39 is 5.97 Å². The van der Waals surface area contributed by atoms with E-state index in [1.165, 1.54) is 11.1 Å². The molecule has 1 saturated heterocycles. The molecular formula is C19H21ClN4O2. The van der Waals surface area contributed by atoms with Crippen molar-refractivity contribution in [1.82, 2.24) is 9.97 Å². The summed E-state index contributed by atoms with van der Waals surface area (Å²) < 4.78 is 0. The fourth-order valence-electron chi connectivity index (χ4n) is 3.96. The van der Waals surface area contributed by atoms with Crippen molar-refractivity contribution < 1.29 is 9.90 Å². The van der Waals surface area contributed by atoms with Crippen molar-refractivity contribution in [3.63, 3.8) is 0 Å². The summed E-state index contributed by atoms with van der Waals surface area (Å²) in [6, 6.07) is 8.59. The van der Waals surface area contributed by atoms with Crippen molar-refractivity contribution in [2.75, 3.05) is 23.3 Å². The lowest BCUT2D eigenvalue weighted by Gasteiger charge is -2.33. The second kappa shape index (κ2) is 7.11. The van der Waals surface area contributed by atoms with Gasteiger partial charge in [0.15, 0.2) is 5.82 Å². The maximum absolute atomic E-state index is 11.4. The summed E-state index contributed by atoms with van der Waals surface area (Å²) >= 11 is 6.05. The molecule has 7 heteroatoms. The molecule has 1 fully saturated rings. The molecule has 136 valence electrons. The first kappa shape index (κ1) is 17.1. The number of piperidine rings is 1. The van der Waals surface area contributed by atoms with E-state index in [2.05, 4.69) is 44.5 Å². The van der Waals surface area contributed by atoms with Crippen LogP contribution in [-0.2, 0) is 11.2 Å². The van der Waals surface area contributed by atoms with E-state index >= 15 is 0 Å². The van der Waals surface area contributed by atoms with Gasteiger partial charge < -0.3 is 15.3 Å². The maximum Gasteiger partial charge on any atom is 0.308 e. The monoisotopic (exact) mass is 372 g/mol. The van der Waals surface area contributed by atoms with Gasteiger partial charge in [-0.3, -0.25) is 4.79 Å². The number of rotatable bonds is 4. The molecule has 1 unspecified atom stereocenters. The van der Waals surface area contributed by atoms with E-state index in [1.54, 1.807) is 6.20 Å². The standard InChI is InChI=1S/C19H21ClN4O2/c20-19-21-10-16(24-9-3-5-13(11-24)18(25)26)17(23-19)22-15-8-7-12-4-1-2-6-14(12)15/h1-2,4,6,10,13,15H,3,5,7-9,11H2,(H,25,26)(H,21,22,23)/t13-,15?/m0/s1. The highest BCUT2D eigenvalue weighted by Gasteiger charge is 2.29. The van der Waals surface area contributed by atoms with Crippen LogP contribution >= 0.6 is 11.6 Å². The lowest BCUT2D eigenvalue weighted by Crippen LogP contribution is -2.39. The van der Waals surface area contributed by atoms with Crippen molar-refractivity contribution in [3.8, 4) is 0 Å². The number of hydrogen-bond donors (Lipinski definition) is 2. The molecule has 0 radical (unpaired) electrons. The molecule has 0 amide bonds. The fraction of sp³-hybridized carbons (Fsp3) is 0.421. The number of hydrogen-bond acceptors (Lipinski definition) is 5. The van der Waals surface area contributed by atoms with Crippen molar-refractivity contribution in [2.24, 2.45) is 5.92 Å². The van der Waals surface area contributed by atoms with Gasteiger partial charge in [0.2, 0.25) is 5.28 Å². The molecule has 0 spiro atoms. The van der Waals surface area contributed by atoms with Crippen LogP contribution in [0.3, 0.4) is 0 Å². The summed E-state index contributed by atoms with van der Waals surface area (Å²) in [6.07, 6.45) is 5.28. The zero-order valence-corrected chi connectivity index (χ0v) is 15.1. The largest absolute Gasteiger partial charge is 0.481 e. The first-order chi connectivity index (χ1) is 12.6. The Morgan fingerprint density at radius 3 is 3.00 bits per heavy atom. The highest BCUT2D eigenvalue weighted by atomic mass is 35.5. The van der Waals surface area contributed by atoms with E-state index in [0.717, 1.165) is 31.5 Å². The molecule has 26 heavy (non-hydrogen) atoms. The molecule has 6 nitrogen and oxygen atoms in total. The molecule has 1 aliphatic carbocycles. The zero-order valence-electron chi connectivity index (χ0n) is 14.4. The predicted octanol–water partition coefficient (Wildman–Crippen LogP) is 3.53. The Labute approximate surface area is 157 Å². The third-order valence-electron chi connectivity index (χ3n) is 5.30. The lowest BCUT2D eigenvalue weighted by atomic mass is 9.98. The van der Waals surface area contributed by atoms with Gasteiger partial charge in [0.1, 0.15) is 0 Å². The number of carbonyl (C=O) groups is 1. The highest BCUT2D eigenvalue weighted by molar-refractivity contribution is 6.28. The summed E-state index contributed by atoms with van der Waals surface area (Å²) in [6.45, 7) is 1.26. The summed E-state index contributed by atoms with van der Waals surface area (Å²) in [5, 5.41) is 13.1. The van der Waals surface area contributed by atoms with Crippen LogP contribution in [0.2, 0.25) is 5.28 Å². The minimum absolute atomic E-state index is 0.177. The normalized spacial score (nSPS) is 22.1. The van der Waals surface area contributed by atoms with Gasteiger partial charge in [-0.2, -0.15) is 4.98 Å². The molecule has 2 N–H and O–H groups in total. The number of carboxylic acid groups (broad SMARTS) is 1. The average Bonchev–Trinajstić information content (AvgIpc) is 3.05. The summed E-state index contributed by atoms with van der Waals surface area (Å²) in [7, 11) is 0. The molecule has 2 aromatic rings. The van der Waals surface area contributed by atoms with Crippen LogP contribution in [0.4, 0.5) is 11.5 Å². The number of nitrogens with one attached hydrogen (secondary N) is 1. The van der Waals surface area contributed by atoms with E-state index in [9.17, 15) is 9.90 Å². The Morgan fingerprint density at radius 1 is 1.31 bits per heavy atom. The van der Waals surface area contributed by atoms with Gasteiger partial charge in [0.25, 0.3) is 0 Å². The van der Waals surface area contributed by atoms with Crippen molar-refractivity contribution >= 4 is 29.1 Å². The zero-order chi connectivity index (χ0) is 18.1. The summed E-state index contributed by atoms with van der Waals surface area (Å²) in [5.74, 6) is -0.430. The Morgan fingerprint density at radius 2 is 2.15 bits per heavy atom. The molecule has 4 rings (SSSR count). The van der Waals surface area contributed by atoms with Crippen LogP contribution in [0, 0.1) is 5.92 Å². The first-order valence-electron chi connectivity index (χ1n) is 8.96. The topological polar surface area (TPSA) is 78.3 Å². The quantitative estimate of drug-likeness (QED) is 0.799. The first-order valence-corrected chi connectivity index (χ1v) is 9.34. The second-order valence-corrected chi connectivity index (χ2v) is 7.27. The van der Waals surface area contributed by atoms with Crippen LogP contribution in [-0.4, -0.2) is 34.1 Å². The molecule has 2 aliphatic rings. The molecule has 1 aliphatic heterocycles. The fourth-order valence-corrected chi connectivity index (χ4v) is 4.09. The Kier molecular flexibility index (Phi) is 4.68. The van der Waals surface area contributed by atoms with Gasteiger partial charge in [-0.15, -0.1) is 0 Å². The summed E-state index contributed by atoms with van der Waals surface area (Å²) in [4.78, 5) is 22.0. The Bertz CT molecular complexity index is 829. The number of nitrogens with zero attached hydrogens (tertiary/aromatic N) is 3. The molecule has 0 bridgehead atoms. The number of anilines is 2. The van der Waals surface area contributed by atoms with Gasteiger partial charge in [-0.25, -0.2) is 4.98 Å². The number of carboxylic acids is 1. The van der Waals surface area contributed by atoms with Gasteiger partial charge in [-0.1, -0.05) is 24.3 Å². The smallest absolute Gasteiger partial charge is 0.308 e.